The summed E-state index contributed by atoms with van der Waals surface area (Å²) in [5.74, 6) is 0.0900. The molecule has 1 N–H and O–H groups in total. The van der Waals surface area contributed by atoms with Crippen LogP contribution in [0.3, 0.4) is 0 Å². The number of nitrogens with zero attached hydrogens (tertiary/aromatic N) is 3. The number of fused-ring (bicyclic) bond motifs is 1. The van der Waals surface area contributed by atoms with Crippen molar-refractivity contribution in [1.29, 1.82) is 0 Å². The minimum atomic E-state index is -0.286. The van der Waals surface area contributed by atoms with Crippen molar-refractivity contribution >= 4 is 28.6 Å². The van der Waals surface area contributed by atoms with E-state index in [9.17, 15) is 14.0 Å². The molecule has 162 valence electrons. The summed E-state index contributed by atoms with van der Waals surface area (Å²) in [7, 11) is 0. The first kappa shape index (κ1) is 21.7. The molecule has 2 aromatic carbocycles. The van der Waals surface area contributed by atoms with Crippen LogP contribution in [0.4, 0.5) is 4.39 Å². The van der Waals surface area contributed by atoms with E-state index in [0.717, 1.165) is 11.1 Å². The predicted molar refractivity (Wildman–Crippen MR) is 124 cm³/mol. The van der Waals surface area contributed by atoms with Gasteiger partial charge in [-0.25, -0.2) is 18.9 Å². The Morgan fingerprint density at radius 2 is 1.88 bits per heavy atom. The quantitative estimate of drug-likeness (QED) is 0.345. The maximum Gasteiger partial charge on any atom is 0.267 e. The Balaban J connectivity index is 1.50. The fourth-order valence-electron chi connectivity index (χ4n) is 3.18. The average molecular weight is 449 g/mol. The Hall–Kier alpha value is -3.52. The molecule has 0 radical (unpaired) electrons. The third-order valence-electron chi connectivity index (χ3n) is 4.85. The van der Waals surface area contributed by atoms with Crippen LogP contribution in [0, 0.1) is 12.7 Å². The Kier molecular flexibility index (Phi) is 6.61. The number of thioether (sulfide) groups is 1. The van der Waals surface area contributed by atoms with Gasteiger partial charge in [-0.3, -0.25) is 9.59 Å². The number of halogens is 1. The number of pyridine rings is 1. The average Bonchev–Trinajstić information content (AvgIpc) is 2.80. The number of benzene rings is 2. The maximum atomic E-state index is 13.2. The highest BCUT2D eigenvalue weighted by Crippen LogP contribution is 2.20. The molecule has 0 saturated carbocycles. The van der Waals surface area contributed by atoms with E-state index in [1.165, 1.54) is 28.5 Å². The van der Waals surface area contributed by atoms with Crippen LogP contribution in [-0.4, -0.2) is 32.7 Å². The number of para-hydroxylation sites is 1. The van der Waals surface area contributed by atoms with Crippen molar-refractivity contribution in [2.24, 2.45) is 0 Å². The summed E-state index contributed by atoms with van der Waals surface area (Å²) in [5, 5.41) is 3.74. The Labute approximate surface area is 188 Å². The molecule has 0 saturated heterocycles. The lowest BCUT2D eigenvalue weighted by Crippen LogP contribution is -2.28. The number of aromatic nitrogens is 3. The highest BCUT2D eigenvalue weighted by molar-refractivity contribution is 7.99. The molecule has 0 fully saturated rings. The van der Waals surface area contributed by atoms with Crippen molar-refractivity contribution in [3.63, 3.8) is 0 Å². The summed E-state index contributed by atoms with van der Waals surface area (Å²) < 4.78 is 14.4. The number of rotatable bonds is 7. The molecule has 2 aromatic heterocycles. The molecular weight excluding hydrogens is 427 g/mol. The second kappa shape index (κ2) is 9.74. The minimum Gasteiger partial charge on any atom is -0.355 e. The topological polar surface area (TPSA) is 76.9 Å². The van der Waals surface area contributed by atoms with Gasteiger partial charge in [0, 0.05) is 12.7 Å². The van der Waals surface area contributed by atoms with E-state index in [2.05, 4.69) is 15.3 Å². The molecule has 0 bridgehead atoms. The van der Waals surface area contributed by atoms with Crippen molar-refractivity contribution < 1.29 is 9.18 Å². The standard InChI is InChI=1S/C24H21FN4O2S/c1-16-6-11-21(27-14-16)29-23(31)19-4-2-3-5-20(19)28-24(29)32-15-22(30)26-13-12-17-7-9-18(25)10-8-17/h2-11,14H,12-13,15H2,1H3,(H,26,30). The molecule has 0 aliphatic rings. The summed E-state index contributed by atoms with van der Waals surface area (Å²) in [6, 6.07) is 16.9. The predicted octanol–water partition coefficient (Wildman–Crippen LogP) is 3.68. The number of carbonyl (C=O) groups excluding carboxylic acids is 1. The van der Waals surface area contributed by atoms with Gasteiger partial charge in [-0.2, -0.15) is 0 Å². The zero-order valence-electron chi connectivity index (χ0n) is 17.4. The lowest BCUT2D eigenvalue weighted by molar-refractivity contribution is -0.118. The summed E-state index contributed by atoms with van der Waals surface area (Å²) in [5.41, 5.74) is 2.26. The molecule has 0 unspecified atom stereocenters. The maximum absolute atomic E-state index is 13.2. The molecule has 6 nitrogen and oxygen atoms in total. The molecule has 0 aliphatic carbocycles. The molecule has 4 rings (SSSR count). The lowest BCUT2D eigenvalue weighted by Gasteiger charge is -2.12. The van der Waals surface area contributed by atoms with Crippen LogP contribution >= 0.6 is 11.8 Å². The van der Waals surface area contributed by atoms with Crippen molar-refractivity contribution in [3.05, 3.63) is 94.2 Å². The van der Waals surface area contributed by atoms with Crippen molar-refractivity contribution in [2.75, 3.05) is 12.3 Å². The van der Waals surface area contributed by atoms with Crippen molar-refractivity contribution in [2.45, 2.75) is 18.5 Å². The van der Waals surface area contributed by atoms with Crippen LogP contribution in [0.2, 0.25) is 0 Å². The minimum absolute atomic E-state index is 0.0973. The van der Waals surface area contributed by atoms with Crippen LogP contribution in [0.1, 0.15) is 11.1 Å². The highest BCUT2D eigenvalue weighted by atomic mass is 32.2. The van der Waals surface area contributed by atoms with E-state index < -0.39 is 0 Å². The van der Waals surface area contributed by atoms with Gasteiger partial charge in [-0.1, -0.05) is 42.1 Å². The van der Waals surface area contributed by atoms with Gasteiger partial charge >= 0.3 is 0 Å². The summed E-state index contributed by atoms with van der Waals surface area (Å²) in [6.07, 6.45) is 2.29. The Morgan fingerprint density at radius 3 is 2.62 bits per heavy atom. The fourth-order valence-corrected chi connectivity index (χ4v) is 4.01. The van der Waals surface area contributed by atoms with E-state index in [-0.39, 0.29) is 23.0 Å². The molecule has 1 amide bonds. The second-order valence-electron chi connectivity index (χ2n) is 7.26. The molecule has 0 spiro atoms. The van der Waals surface area contributed by atoms with Crippen LogP contribution in [0.25, 0.3) is 16.7 Å². The van der Waals surface area contributed by atoms with E-state index in [4.69, 9.17) is 0 Å². The number of hydrogen-bond acceptors (Lipinski definition) is 5. The van der Waals surface area contributed by atoms with Crippen LogP contribution < -0.4 is 10.9 Å². The normalized spacial score (nSPS) is 10.9. The highest BCUT2D eigenvalue weighted by Gasteiger charge is 2.15. The van der Waals surface area contributed by atoms with Gasteiger partial charge in [-0.05, 0) is 54.8 Å². The molecule has 8 heteroatoms. The number of amides is 1. The number of hydrogen-bond donors (Lipinski definition) is 1. The first-order chi connectivity index (χ1) is 15.5. The zero-order chi connectivity index (χ0) is 22.5. The third-order valence-corrected chi connectivity index (χ3v) is 5.79. The number of nitrogens with one attached hydrogen (secondary N) is 1. The van der Waals surface area contributed by atoms with Crippen LogP contribution in [0.15, 0.2) is 76.8 Å². The van der Waals surface area contributed by atoms with Crippen molar-refractivity contribution in [3.8, 4) is 5.82 Å². The van der Waals surface area contributed by atoms with Gasteiger partial charge in [-0.15, -0.1) is 0 Å². The zero-order valence-corrected chi connectivity index (χ0v) is 18.2. The fraction of sp³-hybridized carbons (Fsp3) is 0.167. The summed E-state index contributed by atoms with van der Waals surface area (Å²) in [6.45, 7) is 2.35. The Morgan fingerprint density at radius 1 is 1.09 bits per heavy atom. The molecule has 0 aliphatic heterocycles. The molecular formula is C24H21FN4O2S. The monoisotopic (exact) mass is 448 g/mol. The van der Waals surface area contributed by atoms with E-state index in [1.807, 2.05) is 19.1 Å². The van der Waals surface area contributed by atoms with E-state index >= 15 is 0 Å². The molecule has 4 aromatic rings. The third kappa shape index (κ3) is 5.03. The molecule has 32 heavy (non-hydrogen) atoms. The molecule has 0 atom stereocenters. The first-order valence-electron chi connectivity index (χ1n) is 10.1. The second-order valence-corrected chi connectivity index (χ2v) is 8.20. The van der Waals surface area contributed by atoms with Crippen molar-refractivity contribution in [1.82, 2.24) is 19.9 Å². The SMILES string of the molecule is Cc1ccc(-n2c(SCC(=O)NCCc3ccc(F)cc3)nc3ccccc3c2=O)nc1. The van der Waals surface area contributed by atoms with Crippen LogP contribution in [0.5, 0.6) is 0 Å². The van der Waals surface area contributed by atoms with Gasteiger partial charge in [0.05, 0.1) is 16.7 Å². The van der Waals surface area contributed by atoms with Gasteiger partial charge < -0.3 is 5.32 Å². The van der Waals surface area contributed by atoms with E-state index in [1.54, 1.807) is 42.6 Å². The largest absolute Gasteiger partial charge is 0.355 e. The van der Waals surface area contributed by atoms with Gasteiger partial charge in [0.1, 0.15) is 11.6 Å². The Bertz CT molecular complexity index is 1300. The van der Waals surface area contributed by atoms with Gasteiger partial charge in [0.25, 0.3) is 5.56 Å². The number of carbonyl (C=O) groups is 1. The first-order valence-corrected chi connectivity index (χ1v) is 11.1. The smallest absolute Gasteiger partial charge is 0.267 e. The summed E-state index contributed by atoms with van der Waals surface area (Å²) >= 11 is 1.18. The lowest BCUT2D eigenvalue weighted by atomic mass is 10.1. The molecule has 2 heterocycles. The van der Waals surface area contributed by atoms with Gasteiger partial charge in [0.15, 0.2) is 5.16 Å². The number of aryl methyl sites for hydroxylation is 1. The van der Waals surface area contributed by atoms with Gasteiger partial charge in [0.2, 0.25) is 5.91 Å². The van der Waals surface area contributed by atoms with E-state index in [0.29, 0.717) is 34.8 Å². The summed E-state index contributed by atoms with van der Waals surface area (Å²) in [4.78, 5) is 34.5. The van der Waals surface area contributed by atoms with Crippen LogP contribution in [-0.2, 0) is 11.2 Å².